The number of aliphatic hydroxyl groups is 1. The number of anilines is 1. The van der Waals surface area contributed by atoms with Crippen molar-refractivity contribution < 1.29 is 14.3 Å². The number of hydrogen-bond acceptors (Lipinski definition) is 4. The van der Waals surface area contributed by atoms with Crippen LogP contribution in [0.15, 0.2) is 41.0 Å². The Labute approximate surface area is 117 Å². The minimum atomic E-state index is -0.767. The van der Waals surface area contributed by atoms with E-state index in [1.54, 1.807) is 30.3 Å². The molecular weight excluding hydrogens is 256 g/mol. The number of carbonyl (C=O) groups is 1. The number of benzene rings is 1. The predicted octanol–water partition coefficient (Wildman–Crippen LogP) is 1.89. The van der Waals surface area contributed by atoms with E-state index in [0.29, 0.717) is 29.0 Å². The van der Waals surface area contributed by atoms with Crippen molar-refractivity contribution in [2.45, 2.75) is 19.4 Å². The number of rotatable bonds is 5. The van der Waals surface area contributed by atoms with Gasteiger partial charge in [-0.3, -0.25) is 4.79 Å². The predicted molar refractivity (Wildman–Crippen MR) is 76.2 cm³/mol. The van der Waals surface area contributed by atoms with Gasteiger partial charge in [0, 0.05) is 18.7 Å². The van der Waals surface area contributed by atoms with Crippen LogP contribution in [-0.2, 0) is 6.42 Å². The number of amides is 1. The highest BCUT2D eigenvalue weighted by atomic mass is 16.3. The molecule has 0 aliphatic carbocycles. The molecule has 1 heterocycles. The van der Waals surface area contributed by atoms with E-state index < -0.39 is 6.10 Å². The van der Waals surface area contributed by atoms with Crippen molar-refractivity contribution >= 4 is 11.6 Å². The van der Waals surface area contributed by atoms with E-state index in [1.165, 1.54) is 6.26 Å². The third-order valence-electron chi connectivity index (χ3n) is 3.09. The molecule has 1 amide bonds. The van der Waals surface area contributed by atoms with E-state index >= 15 is 0 Å². The molecule has 1 aromatic carbocycles. The van der Waals surface area contributed by atoms with Crippen LogP contribution in [0.1, 0.15) is 34.7 Å². The van der Waals surface area contributed by atoms with Gasteiger partial charge in [0.15, 0.2) is 0 Å². The molecule has 0 aliphatic rings. The SMILES string of the molecule is CCc1occc1C(=O)NCC(O)c1ccc(N)cc1. The number of aryl methyl sites for hydroxylation is 1. The Morgan fingerprint density at radius 1 is 1.35 bits per heavy atom. The highest BCUT2D eigenvalue weighted by Crippen LogP contribution is 2.15. The Morgan fingerprint density at radius 3 is 2.70 bits per heavy atom. The summed E-state index contributed by atoms with van der Waals surface area (Å²) in [5, 5.41) is 12.7. The van der Waals surface area contributed by atoms with E-state index in [4.69, 9.17) is 10.2 Å². The maximum absolute atomic E-state index is 12.0. The van der Waals surface area contributed by atoms with Gasteiger partial charge in [0.05, 0.1) is 17.9 Å². The van der Waals surface area contributed by atoms with Gasteiger partial charge in [0.2, 0.25) is 0 Å². The smallest absolute Gasteiger partial charge is 0.254 e. The third-order valence-corrected chi connectivity index (χ3v) is 3.09. The van der Waals surface area contributed by atoms with Crippen LogP contribution in [0.2, 0.25) is 0 Å². The molecule has 0 fully saturated rings. The van der Waals surface area contributed by atoms with Crippen molar-refractivity contribution in [2.75, 3.05) is 12.3 Å². The quantitative estimate of drug-likeness (QED) is 0.726. The molecule has 1 aromatic heterocycles. The molecule has 0 radical (unpaired) electrons. The molecular formula is C15H18N2O3. The van der Waals surface area contributed by atoms with Crippen molar-refractivity contribution in [3.05, 3.63) is 53.5 Å². The molecule has 4 N–H and O–H groups in total. The normalized spacial score (nSPS) is 12.1. The average molecular weight is 274 g/mol. The largest absolute Gasteiger partial charge is 0.469 e. The fourth-order valence-corrected chi connectivity index (χ4v) is 1.94. The van der Waals surface area contributed by atoms with Gasteiger partial charge in [-0.15, -0.1) is 0 Å². The minimum absolute atomic E-state index is 0.136. The third kappa shape index (κ3) is 3.19. The zero-order chi connectivity index (χ0) is 14.5. The van der Waals surface area contributed by atoms with E-state index in [1.807, 2.05) is 6.92 Å². The van der Waals surface area contributed by atoms with Crippen LogP contribution in [-0.4, -0.2) is 17.6 Å². The summed E-state index contributed by atoms with van der Waals surface area (Å²) >= 11 is 0. The molecule has 0 bridgehead atoms. The van der Waals surface area contributed by atoms with Crippen molar-refractivity contribution in [3.63, 3.8) is 0 Å². The topological polar surface area (TPSA) is 88.5 Å². The van der Waals surface area contributed by atoms with Crippen LogP contribution in [0.4, 0.5) is 5.69 Å². The summed E-state index contributed by atoms with van der Waals surface area (Å²) in [5.74, 6) is 0.398. The second-order valence-electron chi connectivity index (χ2n) is 4.50. The van der Waals surface area contributed by atoms with Gasteiger partial charge in [-0.25, -0.2) is 0 Å². The Hall–Kier alpha value is -2.27. The van der Waals surface area contributed by atoms with Crippen LogP contribution >= 0.6 is 0 Å². The summed E-state index contributed by atoms with van der Waals surface area (Å²) in [5.41, 5.74) is 7.44. The van der Waals surface area contributed by atoms with Crippen LogP contribution in [0.5, 0.6) is 0 Å². The van der Waals surface area contributed by atoms with Gasteiger partial charge in [-0.2, -0.15) is 0 Å². The molecule has 0 saturated heterocycles. The summed E-state index contributed by atoms with van der Waals surface area (Å²) in [6.07, 6.45) is 1.37. The summed E-state index contributed by atoms with van der Waals surface area (Å²) < 4.78 is 5.20. The van der Waals surface area contributed by atoms with Gasteiger partial charge >= 0.3 is 0 Å². The maximum Gasteiger partial charge on any atom is 0.254 e. The highest BCUT2D eigenvalue weighted by Gasteiger charge is 2.15. The molecule has 0 spiro atoms. The van der Waals surface area contributed by atoms with Crippen LogP contribution in [0.25, 0.3) is 0 Å². The zero-order valence-corrected chi connectivity index (χ0v) is 11.3. The molecule has 5 heteroatoms. The number of aliphatic hydroxyl groups excluding tert-OH is 1. The number of carbonyl (C=O) groups excluding carboxylic acids is 1. The number of nitrogen functional groups attached to an aromatic ring is 1. The molecule has 0 saturated carbocycles. The van der Waals surface area contributed by atoms with Gasteiger partial charge in [-0.05, 0) is 23.8 Å². The van der Waals surface area contributed by atoms with Gasteiger partial charge < -0.3 is 20.6 Å². The lowest BCUT2D eigenvalue weighted by atomic mass is 10.1. The second-order valence-corrected chi connectivity index (χ2v) is 4.50. The van der Waals surface area contributed by atoms with Crippen molar-refractivity contribution in [2.24, 2.45) is 0 Å². The lowest BCUT2D eigenvalue weighted by Gasteiger charge is -2.12. The Bertz CT molecular complexity index is 575. The first kappa shape index (κ1) is 14.1. The number of nitrogens with one attached hydrogen (secondary N) is 1. The van der Waals surface area contributed by atoms with Crippen LogP contribution < -0.4 is 11.1 Å². The number of furan rings is 1. The number of nitrogens with two attached hydrogens (primary N) is 1. The first-order chi connectivity index (χ1) is 9.61. The molecule has 2 aromatic rings. The van der Waals surface area contributed by atoms with Crippen LogP contribution in [0.3, 0.4) is 0 Å². The van der Waals surface area contributed by atoms with Crippen molar-refractivity contribution in [1.82, 2.24) is 5.32 Å². The summed E-state index contributed by atoms with van der Waals surface area (Å²) in [4.78, 5) is 12.0. The molecule has 2 rings (SSSR count). The monoisotopic (exact) mass is 274 g/mol. The summed E-state index contributed by atoms with van der Waals surface area (Å²) in [6.45, 7) is 2.05. The number of hydrogen-bond donors (Lipinski definition) is 3. The highest BCUT2D eigenvalue weighted by molar-refractivity contribution is 5.95. The van der Waals surface area contributed by atoms with E-state index in [9.17, 15) is 9.90 Å². The van der Waals surface area contributed by atoms with E-state index in [0.717, 1.165) is 0 Å². The average Bonchev–Trinajstić information content (AvgIpc) is 2.93. The first-order valence-corrected chi connectivity index (χ1v) is 6.50. The van der Waals surface area contributed by atoms with Crippen LogP contribution in [0, 0.1) is 0 Å². The van der Waals surface area contributed by atoms with Crippen molar-refractivity contribution in [1.29, 1.82) is 0 Å². The summed E-state index contributed by atoms with van der Waals surface area (Å²) in [6, 6.07) is 8.53. The molecule has 1 atom stereocenters. The Kier molecular flexibility index (Phi) is 4.42. The first-order valence-electron chi connectivity index (χ1n) is 6.50. The standard InChI is InChI=1S/C15H18N2O3/c1-2-14-12(7-8-20-14)15(19)17-9-13(18)10-3-5-11(16)6-4-10/h3-8,13,18H,2,9,16H2,1H3,(H,17,19). The van der Waals surface area contributed by atoms with Crippen molar-refractivity contribution in [3.8, 4) is 0 Å². The van der Waals surface area contributed by atoms with Gasteiger partial charge in [0.25, 0.3) is 5.91 Å². The fourth-order valence-electron chi connectivity index (χ4n) is 1.94. The lowest BCUT2D eigenvalue weighted by molar-refractivity contribution is 0.0914. The Balaban J connectivity index is 1.95. The van der Waals surface area contributed by atoms with Gasteiger partial charge in [0.1, 0.15) is 5.76 Å². The van der Waals surface area contributed by atoms with Gasteiger partial charge in [-0.1, -0.05) is 19.1 Å². The molecule has 20 heavy (non-hydrogen) atoms. The zero-order valence-electron chi connectivity index (χ0n) is 11.3. The van der Waals surface area contributed by atoms with E-state index in [2.05, 4.69) is 5.32 Å². The second kappa shape index (κ2) is 6.25. The maximum atomic E-state index is 12.0. The Morgan fingerprint density at radius 2 is 2.05 bits per heavy atom. The molecule has 5 nitrogen and oxygen atoms in total. The molecule has 0 aliphatic heterocycles. The molecule has 106 valence electrons. The molecule has 1 unspecified atom stereocenters. The summed E-state index contributed by atoms with van der Waals surface area (Å²) in [7, 11) is 0. The van der Waals surface area contributed by atoms with E-state index in [-0.39, 0.29) is 12.5 Å². The fraction of sp³-hybridized carbons (Fsp3) is 0.267. The minimum Gasteiger partial charge on any atom is -0.469 e. The lowest BCUT2D eigenvalue weighted by Crippen LogP contribution is -2.28.